The molecule has 3 heterocycles. The van der Waals surface area contributed by atoms with Crippen molar-refractivity contribution < 1.29 is 38.4 Å². The van der Waals surface area contributed by atoms with Crippen LogP contribution < -0.4 is 0 Å². The Hall–Kier alpha value is -1.42. The number of amides is 1. The molecule has 0 spiro atoms. The minimum absolute atomic E-state index is 0.324. The van der Waals surface area contributed by atoms with Crippen LogP contribution in [0, 0.1) is 23.7 Å². The third-order valence-electron chi connectivity index (χ3n) is 12.5. The van der Waals surface area contributed by atoms with Crippen LogP contribution in [0.3, 0.4) is 0 Å². The molecule has 9 heteroatoms. The van der Waals surface area contributed by atoms with Gasteiger partial charge in [0, 0.05) is 23.7 Å². The average molecular weight is 618 g/mol. The van der Waals surface area contributed by atoms with Crippen molar-refractivity contribution in [3.63, 3.8) is 0 Å². The van der Waals surface area contributed by atoms with Gasteiger partial charge in [0.1, 0.15) is 24.8 Å². The Labute approximate surface area is 263 Å². The van der Waals surface area contributed by atoms with Crippen LogP contribution in [0.1, 0.15) is 128 Å². The number of aliphatic carboxylic acids is 1. The van der Waals surface area contributed by atoms with E-state index in [2.05, 4.69) is 0 Å². The zero-order valence-electron chi connectivity index (χ0n) is 26.6. The highest BCUT2D eigenvalue weighted by atomic mass is 16.8. The molecule has 248 valence electrons. The van der Waals surface area contributed by atoms with Crippen LogP contribution in [0.25, 0.3) is 0 Å². The van der Waals surface area contributed by atoms with Crippen LogP contribution in [-0.4, -0.2) is 77.8 Å². The van der Waals surface area contributed by atoms with E-state index in [1.807, 2.05) is 0 Å². The van der Waals surface area contributed by atoms with Crippen LogP contribution in [0.2, 0.25) is 0 Å². The lowest BCUT2D eigenvalue weighted by Crippen LogP contribution is -2.55. The third kappa shape index (κ3) is 5.81. The normalized spacial score (nSPS) is 36.1. The second-order valence-electron chi connectivity index (χ2n) is 15.1. The van der Waals surface area contributed by atoms with Crippen LogP contribution in [0.5, 0.6) is 0 Å². The van der Waals surface area contributed by atoms with Crippen molar-refractivity contribution in [1.82, 2.24) is 4.90 Å². The second-order valence-corrected chi connectivity index (χ2v) is 15.1. The minimum atomic E-state index is -1.06. The van der Waals surface area contributed by atoms with E-state index < -0.39 is 54.5 Å². The molecule has 1 N–H and O–H groups in total. The Morgan fingerprint density at radius 1 is 0.636 bits per heavy atom. The van der Waals surface area contributed by atoms with Gasteiger partial charge in [0.15, 0.2) is 17.7 Å². The molecule has 3 aliphatic heterocycles. The molecule has 44 heavy (non-hydrogen) atoms. The van der Waals surface area contributed by atoms with Crippen molar-refractivity contribution in [3.05, 3.63) is 0 Å². The Kier molecular flexibility index (Phi) is 9.47. The summed E-state index contributed by atoms with van der Waals surface area (Å²) in [5.74, 6) is -1.05. The standard InChI is InChI=1S/C35H55NO8/c37-30(38)21-36-31(28-22-40-34(43-28,24-13-5-1-6-14-24)25-15-7-2-8-16-25)32(42-33(36)39)29-23-41-35(44-29,26-17-9-3-10-18-26)27-19-11-4-12-20-27/h24-29,31-32H,1-23H2,(H,37,38)/t28-,29-,31-,32-/m1/s1. The lowest BCUT2D eigenvalue weighted by molar-refractivity contribution is -0.261. The van der Waals surface area contributed by atoms with E-state index in [9.17, 15) is 14.7 Å². The third-order valence-corrected chi connectivity index (χ3v) is 12.5. The first-order valence-electron chi connectivity index (χ1n) is 18.3. The van der Waals surface area contributed by atoms with E-state index in [0.29, 0.717) is 36.9 Å². The number of nitrogens with zero attached hydrogens (tertiary/aromatic N) is 1. The van der Waals surface area contributed by atoms with E-state index in [-0.39, 0.29) is 0 Å². The summed E-state index contributed by atoms with van der Waals surface area (Å²) >= 11 is 0. The molecular formula is C35H55NO8. The summed E-state index contributed by atoms with van der Waals surface area (Å²) < 4.78 is 34.0. The van der Waals surface area contributed by atoms with Crippen LogP contribution in [-0.2, 0) is 28.5 Å². The molecule has 0 aromatic carbocycles. The van der Waals surface area contributed by atoms with E-state index in [1.54, 1.807) is 0 Å². The summed E-state index contributed by atoms with van der Waals surface area (Å²) in [7, 11) is 0. The number of cyclic esters (lactones) is 1. The Morgan fingerprint density at radius 2 is 1.02 bits per heavy atom. The Balaban J connectivity index is 1.17. The van der Waals surface area contributed by atoms with Crippen LogP contribution in [0.15, 0.2) is 0 Å². The highest BCUT2D eigenvalue weighted by molar-refractivity contribution is 5.78. The van der Waals surface area contributed by atoms with Gasteiger partial charge >= 0.3 is 12.1 Å². The van der Waals surface area contributed by atoms with Crippen molar-refractivity contribution >= 4 is 12.1 Å². The molecule has 4 saturated carbocycles. The van der Waals surface area contributed by atoms with E-state index in [4.69, 9.17) is 23.7 Å². The Morgan fingerprint density at radius 3 is 1.43 bits per heavy atom. The van der Waals surface area contributed by atoms with Crippen molar-refractivity contribution in [1.29, 1.82) is 0 Å². The lowest BCUT2D eigenvalue weighted by Gasteiger charge is -2.46. The molecule has 3 saturated heterocycles. The van der Waals surface area contributed by atoms with Crippen molar-refractivity contribution in [2.45, 2.75) is 164 Å². The van der Waals surface area contributed by atoms with E-state index in [0.717, 1.165) is 51.4 Å². The minimum Gasteiger partial charge on any atom is -0.480 e. The first-order valence-corrected chi connectivity index (χ1v) is 18.3. The number of carboxylic acids is 1. The van der Waals surface area contributed by atoms with Gasteiger partial charge in [-0.15, -0.1) is 0 Å². The first-order chi connectivity index (χ1) is 21.5. The quantitative estimate of drug-likeness (QED) is 0.317. The van der Waals surface area contributed by atoms with Crippen molar-refractivity contribution in [2.75, 3.05) is 19.8 Å². The molecule has 0 aromatic heterocycles. The van der Waals surface area contributed by atoms with Crippen LogP contribution in [0.4, 0.5) is 4.79 Å². The Bertz CT molecular complexity index is 961. The van der Waals surface area contributed by atoms with Gasteiger partial charge in [0.25, 0.3) is 0 Å². The molecule has 7 rings (SSSR count). The zero-order valence-corrected chi connectivity index (χ0v) is 26.6. The van der Waals surface area contributed by atoms with Crippen molar-refractivity contribution in [3.8, 4) is 0 Å². The van der Waals surface area contributed by atoms with Gasteiger partial charge in [-0.2, -0.15) is 0 Å². The maximum absolute atomic E-state index is 13.4. The summed E-state index contributed by atoms with van der Waals surface area (Å²) in [5, 5.41) is 9.86. The maximum Gasteiger partial charge on any atom is 0.411 e. The predicted octanol–water partition coefficient (Wildman–Crippen LogP) is 6.81. The lowest BCUT2D eigenvalue weighted by atomic mass is 9.72. The number of carboxylic acid groups (broad SMARTS) is 1. The van der Waals surface area contributed by atoms with Gasteiger partial charge < -0.3 is 28.8 Å². The second kappa shape index (κ2) is 13.4. The number of hydrogen-bond donors (Lipinski definition) is 1. The van der Waals surface area contributed by atoms with Gasteiger partial charge in [-0.25, -0.2) is 4.79 Å². The SMILES string of the molecule is O=C(O)CN1C(=O)O[C@H]([C@H]2COC(C3CCCCC3)(C3CCCCC3)O2)[C@H]1[C@H]1COC(C2CCCCC2)(C2CCCCC2)O1. The molecule has 4 aliphatic carbocycles. The smallest absolute Gasteiger partial charge is 0.411 e. The maximum atomic E-state index is 13.4. The number of carbonyl (C=O) groups excluding carboxylic acids is 1. The molecule has 0 radical (unpaired) electrons. The molecule has 0 bridgehead atoms. The largest absolute Gasteiger partial charge is 0.480 e. The highest BCUT2D eigenvalue weighted by Crippen LogP contribution is 2.53. The molecule has 0 aromatic rings. The fraction of sp³-hybridized carbons (Fsp3) is 0.943. The summed E-state index contributed by atoms with van der Waals surface area (Å²) in [5.41, 5.74) is 0. The van der Waals surface area contributed by atoms with E-state index in [1.165, 1.54) is 81.9 Å². The topological polar surface area (TPSA) is 104 Å². The van der Waals surface area contributed by atoms with Crippen LogP contribution >= 0.6 is 0 Å². The zero-order chi connectivity index (χ0) is 30.1. The molecule has 0 unspecified atom stereocenters. The summed E-state index contributed by atoms with van der Waals surface area (Å²) in [6, 6.07) is -0.602. The highest BCUT2D eigenvalue weighted by Gasteiger charge is 2.62. The predicted molar refractivity (Wildman–Crippen MR) is 162 cm³/mol. The number of rotatable bonds is 8. The first kappa shape index (κ1) is 31.2. The molecule has 9 nitrogen and oxygen atoms in total. The van der Waals surface area contributed by atoms with Gasteiger partial charge in [-0.3, -0.25) is 9.69 Å². The molecule has 7 aliphatic rings. The average Bonchev–Trinajstić information content (AvgIpc) is 3.80. The number of hydrogen-bond acceptors (Lipinski definition) is 7. The van der Waals surface area contributed by atoms with Gasteiger partial charge in [0.05, 0.1) is 13.2 Å². The summed E-state index contributed by atoms with van der Waals surface area (Å²) in [6.45, 7) is 0.265. The fourth-order valence-corrected chi connectivity index (χ4v) is 10.5. The monoisotopic (exact) mass is 617 g/mol. The van der Waals surface area contributed by atoms with Gasteiger partial charge in [-0.1, -0.05) is 77.0 Å². The van der Waals surface area contributed by atoms with Gasteiger partial charge in [-0.05, 0) is 51.4 Å². The molecule has 1 amide bonds. The fourth-order valence-electron chi connectivity index (χ4n) is 10.5. The summed E-state index contributed by atoms with van der Waals surface area (Å²) in [6.07, 6.45) is 21.1. The molecular weight excluding hydrogens is 562 g/mol. The molecule has 7 fully saturated rings. The summed E-state index contributed by atoms with van der Waals surface area (Å²) in [4.78, 5) is 26.8. The van der Waals surface area contributed by atoms with E-state index >= 15 is 0 Å². The molecule has 4 atom stereocenters. The van der Waals surface area contributed by atoms with Gasteiger partial charge in [0.2, 0.25) is 0 Å². The number of ether oxygens (including phenoxy) is 5. The van der Waals surface area contributed by atoms with Crippen molar-refractivity contribution in [2.24, 2.45) is 23.7 Å². The number of carbonyl (C=O) groups is 2.